The first-order valence-corrected chi connectivity index (χ1v) is 7.32. The lowest BCUT2D eigenvalue weighted by atomic mass is 10.1. The molecule has 0 aliphatic rings. The average Bonchev–Trinajstić information content (AvgIpc) is 2.88. The van der Waals surface area contributed by atoms with Crippen molar-refractivity contribution in [1.82, 2.24) is 9.97 Å². The summed E-state index contributed by atoms with van der Waals surface area (Å²) in [5.41, 5.74) is 9.52. The van der Waals surface area contributed by atoms with E-state index in [-0.39, 0.29) is 0 Å². The third kappa shape index (κ3) is 2.67. The molecule has 2 aromatic heterocycles. The van der Waals surface area contributed by atoms with Gasteiger partial charge in [-0.15, -0.1) is 11.3 Å². The molecule has 0 atom stereocenters. The zero-order valence-corrected chi connectivity index (χ0v) is 12.3. The molecular weight excluding hydrogens is 322 g/mol. The number of rotatable bonds is 2. The van der Waals surface area contributed by atoms with Crippen LogP contribution >= 0.6 is 27.3 Å². The minimum absolute atomic E-state index is 0.746. The number of nitrogen functional groups attached to an aromatic ring is 1. The summed E-state index contributed by atoms with van der Waals surface area (Å²) in [6, 6.07) is 9.75. The zero-order valence-electron chi connectivity index (χ0n) is 9.88. The number of benzene rings is 1. The highest BCUT2D eigenvalue weighted by molar-refractivity contribution is 9.10. The van der Waals surface area contributed by atoms with Crippen molar-refractivity contribution in [1.29, 1.82) is 0 Å². The number of nitrogens with zero attached hydrogens (tertiary/aromatic N) is 2. The first-order chi connectivity index (χ1) is 9.22. The molecule has 1 aromatic carbocycles. The maximum Gasteiger partial charge on any atom is 0.125 e. The van der Waals surface area contributed by atoms with Crippen LogP contribution in [0.5, 0.6) is 0 Å². The number of hydrogen-bond donors (Lipinski definition) is 1. The van der Waals surface area contributed by atoms with Gasteiger partial charge in [0.05, 0.1) is 5.69 Å². The van der Waals surface area contributed by atoms with Gasteiger partial charge in [0.25, 0.3) is 0 Å². The Morgan fingerprint density at radius 2 is 2.00 bits per heavy atom. The summed E-state index contributed by atoms with van der Waals surface area (Å²) in [5.74, 6) is 0. The highest BCUT2D eigenvalue weighted by Gasteiger charge is 2.07. The van der Waals surface area contributed by atoms with Gasteiger partial charge in [0, 0.05) is 39.1 Å². The van der Waals surface area contributed by atoms with Crippen LogP contribution in [-0.4, -0.2) is 9.97 Å². The van der Waals surface area contributed by atoms with Crippen LogP contribution in [0.1, 0.15) is 0 Å². The van der Waals surface area contributed by atoms with Crippen LogP contribution in [-0.2, 0) is 0 Å². The number of aromatic nitrogens is 2. The fraction of sp³-hybridized carbons (Fsp3) is 0. The van der Waals surface area contributed by atoms with Crippen LogP contribution in [0, 0.1) is 0 Å². The molecular formula is C14H10BrN3S. The number of hydrogen-bond acceptors (Lipinski definition) is 4. The van der Waals surface area contributed by atoms with E-state index in [4.69, 9.17) is 5.73 Å². The predicted octanol–water partition coefficient (Wildman–Crippen LogP) is 4.22. The largest absolute Gasteiger partial charge is 0.399 e. The molecule has 0 radical (unpaired) electrons. The lowest BCUT2D eigenvalue weighted by molar-refractivity contribution is 1.30. The molecule has 0 fully saturated rings. The zero-order chi connectivity index (χ0) is 13.2. The molecule has 2 N–H and O–H groups in total. The van der Waals surface area contributed by atoms with Gasteiger partial charge in [-0.1, -0.05) is 12.1 Å². The highest BCUT2D eigenvalue weighted by atomic mass is 79.9. The van der Waals surface area contributed by atoms with Crippen molar-refractivity contribution in [3.8, 4) is 21.8 Å². The van der Waals surface area contributed by atoms with E-state index in [0.29, 0.717) is 0 Å². The van der Waals surface area contributed by atoms with E-state index in [9.17, 15) is 0 Å². The average molecular weight is 332 g/mol. The molecule has 0 unspecified atom stereocenters. The van der Waals surface area contributed by atoms with E-state index < -0.39 is 0 Å². The molecule has 5 heteroatoms. The number of nitrogens with two attached hydrogens (primary N) is 1. The fourth-order valence-electron chi connectivity index (χ4n) is 1.77. The SMILES string of the molecule is Nc1cccc(-c2csc(-c3cncc(Br)c3)n2)c1. The van der Waals surface area contributed by atoms with Gasteiger partial charge in [0.2, 0.25) is 0 Å². The van der Waals surface area contributed by atoms with Gasteiger partial charge in [-0.2, -0.15) is 0 Å². The molecule has 3 rings (SSSR count). The highest BCUT2D eigenvalue weighted by Crippen LogP contribution is 2.30. The van der Waals surface area contributed by atoms with Gasteiger partial charge in [0.1, 0.15) is 5.01 Å². The quantitative estimate of drug-likeness (QED) is 0.715. The van der Waals surface area contributed by atoms with E-state index in [0.717, 1.165) is 32.0 Å². The van der Waals surface area contributed by atoms with Crippen molar-refractivity contribution < 1.29 is 0 Å². The monoisotopic (exact) mass is 331 g/mol. The maximum atomic E-state index is 5.79. The molecule has 0 saturated carbocycles. The summed E-state index contributed by atoms with van der Waals surface area (Å²) in [6.45, 7) is 0. The van der Waals surface area contributed by atoms with Gasteiger partial charge in [0.15, 0.2) is 0 Å². The van der Waals surface area contributed by atoms with E-state index in [1.165, 1.54) is 0 Å². The van der Waals surface area contributed by atoms with Crippen LogP contribution in [0.2, 0.25) is 0 Å². The first-order valence-electron chi connectivity index (χ1n) is 5.65. The topological polar surface area (TPSA) is 51.8 Å². The van der Waals surface area contributed by atoms with Crippen molar-refractivity contribution in [3.63, 3.8) is 0 Å². The van der Waals surface area contributed by atoms with Gasteiger partial charge in [-0.3, -0.25) is 4.98 Å². The molecule has 0 spiro atoms. The smallest absolute Gasteiger partial charge is 0.125 e. The van der Waals surface area contributed by atoms with Crippen LogP contribution in [0.25, 0.3) is 21.8 Å². The molecule has 0 saturated heterocycles. The fourth-order valence-corrected chi connectivity index (χ4v) is 2.94. The summed E-state index contributed by atoms with van der Waals surface area (Å²) in [7, 11) is 0. The Morgan fingerprint density at radius 3 is 2.79 bits per heavy atom. The minimum Gasteiger partial charge on any atom is -0.399 e. The van der Waals surface area contributed by atoms with Gasteiger partial charge >= 0.3 is 0 Å². The van der Waals surface area contributed by atoms with Crippen molar-refractivity contribution in [2.24, 2.45) is 0 Å². The Morgan fingerprint density at radius 1 is 1.11 bits per heavy atom. The molecule has 94 valence electrons. The standard InChI is InChI=1S/C14H10BrN3S/c15-11-4-10(6-17-7-11)14-18-13(8-19-14)9-2-1-3-12(16)5-9/h1-8H,16H2. The summed E-state index contributed by atoms with van der Waals surface area (Å²) in [4.78, 5) is 8.79. The Kier molecular flexibility index (Phi) is 3.31. The second-order valence-corrected chi connectivity index (χ2v) is 5.83. The minimum atomic E-state index is 0.746. The Bertz CT molecular complexity index is 664. The summed E-state index contributed by atoms with van der Waals surface area (Å²) >= 11 is 5.02. The summed E-state index contributed by atoms with van der Waals surface area (Å²) in [6.07, 6.45) is 3.57. The van der Waals surface area contributed by atoms with Gasteiger partial charge < -0.3 is 5.73 Å². The molecule has 3 nitrogen and oxygen atoms in total. The van der Waals surface area contributed by atoms with Crippen LogP contribution < -0.4 is 5.73 Å². The predicted molar refractivity (Wildman–Crippen MR) is 82.9 cm³/mol. The third-order valence-electron chi connectivity index (χ3n) is 2.64. The summed E-state index contributed by atoms with van der Waals surface area (Å²) < 4.78 is 0.950. The van der Waals surface area contributed by atoms with Crippen molar-refractivity contribution >= 4 is 33.0 Å². The molecule has 0 aliphatic heterocycles. The molecule has 0 bridgehead atoms. The second-order valence-electron chi connectivity index (χ2n) is 4.06. The van der Waals surface area contributed by atoms with Crippen LogP contribution in [0.4, 0.5) is 5.69 Å². The number of pyridine rings is 1. The lowest BCUT2D eigenvalue weighted by Gasteiger charge is -1.98. The Hall–Kier alpha value is -1.72. The van der Waals surface area contributed by atoms with E-state index in [1.54, 1.807) is 17.5 Å². The van der Waals surface area contributed by atoms with Crippen LogP contribution in [0.15, 0.2) is 52.6 Å². The Labute approximate surface area is 123 Å². The third-order valence-corrected chi connectivity index (χ3v) is 3.96. The maximum absolute atomic E-state index is 5.79. The number of anilines is 1. The van der Waals surface area contributed by atoms with Gasteiger partial charge in [-0.25, -0.2) is 4.98 Å². The van der Waals surface area contributed by atoms with E-state index in [2.05, 4.69) is 25.9 Å². The molecule has 0 amide bonds. The lowest BCUT2D eigenvalue weighted by Crippen LogP contribution is -1.85. The van der Waals surface area contributed by atoms with Crippen molar-refractivity contribution in [2.45, 2.75) is 0 Å². The van der Waals surface area contributed by atoms with Crippen molar-refractivity contribution in [3.05, 3.63) is 52.6 Å². The molecule has 19 heavy (non-hydrogen) atoms. The molecule has 3 aromatic rings. The van der Waals surface area contributed by atoms with E-state index >= 15 is 0 Å². The number of halogens is 1. The Balaban J connectivity index is 2.00. The van der Waals surface area contributed by atoms with Gasteiger partial charge in [-0.05, 0) is 34.1 Å². The normalized spacial score (nSPS) is 10.6. The van der Waals surface area contributed by atoms with Crippen LogP contribution in [0.3, 0.4) is 0 Å². The second kappa shape index (κ2) is 5.11. The molecule has 0 aliphatic carbocycles. The number of thiazole rings is 1. The summed E-state index contributed by atoms with van der Waals surface area (Å²) in [5, 5.41) is 2.98. The van der Waals surface area contributed by atoms with E-state index in [1.807, 2.05) is 41.9 Å². The first kappa shape index (κ1) is 12.3. The molecule has 2 heterocycles. The van der Waals surface area contributed by atoms with Crippen molar-refractivity contribution in [2.75, 3.05) is 5.73 Å².